The summed E-state index contributed by atoms with van der Waals surface area (Å²) in [6.07, 6.45) is 0.787. The molecular formula is C14H21NO5. The van der Waals surface area contributed by atoms with Gasteiger partial charge in [-0.3, -0.25) is 0 Å². The van der Waals surface area contributed by atoms with Gasteiger partial charge in [-0.05, 0) is 46.1 Å². The van der Waals surface area contributed by atoms with Crippen molar-refractivity contribution in [1.29, 1.82) is 0 Å². The fourth-order valence-corrected chi connectivity index (χ4v) is 1.92. The zero-order valence-electron chi connectivity index (χ0n) is 12.2. The van der Waals surface area contributed by atoms with Gasteiger partial charge in [0.25, 0.3) is 0 Å². The van der Waals surface area contributed by atoms with Crippen LogP contribution in [0.1, 0.15) is 59.3 Å². The van der Waals surface area contributed by atoms with Gasteiger partial charge in [-0.25, -0.2) is 9.59 Å². The van der Waals surface area contributed by atoms with Crippen LogP contribution < -0.4 is 0 Å². The number of aliphatic hydroxyl groups is 1. The van der Waals surface area contributed by atoms with E-state index < -0.39 is 17.5 Å². The van der Waals surface area contributed by atoms with Crippen LogP contribution in [0.5, 0.6) is 0 Å². The van der Waals surface area contributed by atoms with Gasteiger partial charge in [0.2, 0.25) is 0 Å². The molecule has 0 fully saturated rings. The fourth-order valence-electron chi connectivity index (χ4n) is 1.92. The van der Waals surface area contributed by atoms with E-state index in [1.807, 2.05) is 0 Å². The molecule has 20 heavy (non-hydrogen) atoms. The number of aromatic nitrogens is 1. The van der Waals surface area contributed by atoms with Gasteiger partial charge in [-0.2, -0.15) is 0 Å². The average molecular weight is 283 g/mol. The highest BCUT2D eigenvalue weighted by Gasteiger charge is 2.26. The Hall–Kier alpha value is -1.82. The van der Waals surface area contributed by atoms with Crippen LogP contribution in [0.3, 0.4) is 0 Å². The molecule has 0 spiro atoms. The topological polar surface area (TPSA) is 99.6 Å². The van der Waals surface area contributed by atoms with Gasteiger partial charge < -0.3 is 19.9 Å². The van der Waals surface area contributed by atoms with Crippen molar-refractivity contribution in [3.8, 4) is 0 Å². The second-order valence-corrected chi connectivity index (χ2v) is 5.61. The van der Waals surface area contributed by atoms with Crippen molar-refractivity contribution in [3.05, 3.63) is 22.5 Å². The summed E-state index contributed by atoms with van der Waals surface area (Å²) < 4.78 is 5.24. The third-order valence-corrected chi connectivity index (χ3v) is 2.73. The number of hydrogen-bond donors (Lipinski definition) is 3. The number of hydrogen-bond acceptors (Lipinski definition) is 4. The third kappa shape index (κ3) is 3.84. The predicted molar refractivity (Wildman–Crippen MR) is 73.1 cm³/mol. The van der Waals surface area contributed by atoms with Crippen LogP contribution in [0.25, 0.3) is 0 Å². The summed E-state index contributed by atoms with van der Waals surface area (Å²) in [6.45, 7) is 6.76. The number of ether oxygens (including phenoxy) is 1. The Bertz CT molecular complexity index is 510. The number of carboxylic acids is 1. The Morgan fingerprint density at radius 3 is 2.35 bits per heavy atom. The minimum absolute atomic E-state index is 0.0428. The van der Waals surface area contributed by atoms with Gasteiger partial charge in [0.1, 0.15) is 11.3 Å². The molecule has 0 saturated heterocycles. The van der Waals surface area contributed by atoms with Gasteiger partial charge >= 0.3 is 11.9 Å². The molecule has 1 heterocycles. The van der Waals surface area contributed by atoms with E-state index in [1.165, 1.54) is 0 Å². The van der Waals surface area contributed by atoms with Crippen LogP contribution in [0.15, 0.2) is 0 Å². The number of carbonyl (C=O) groups is 2. The molecular weight excluding hydrogens is 262 g/mol. The maximum absolute atomic E-state index is 12.0. The monoisotopic (exact) mass is 283 g/mol. The summed E-state index contributed by atoms with van der Waals surface area (Å²) in [6, 6.07) is 0. The number of aromatic amines is 1. The molecule has 0 bridgehead atoms. The fraction of sp³-hybridized carbons (Fsp3) is 0.571. The lowest BCUT2D eigenvalue weighted by Gasteiger charge is -2.19. The normalized spacial score (nSPS) is 11.4. The predicted octanol–water partition coefficient (Wildman–Crippen LogP) is 1.90. The van der Waals surface area contributed by atoms with Crippen molar-refractivity contribution in [2.24, 2.45) is 0 Å². The summed E-state index contributed by atoms with van der Waals surface area (Å²) in [5.74, 6) is -1.67. The molecule has 0 radical (unpaired) electrons. The summed E-state index contributed by atoms with van der Waals surface area (Å²) in [4.78, 5) is 26.2. The zero-order valence-corrected chi connectivity index (χ0v) is 12.2. The smallest absolute Gasteiger partial charge is 0.355 e. The Morgan fingerprint density at radius 2 is 1.90 bits per heavy atom. The van der Waals surface area contributed by atoms with Crippen molar-refractivity contribution in [1.82, 2.24) is 4.98 Å². The van der Waals surface area contributed by atoms with Crippen molar-refractivity contribution in [2.75, 3.05) is 6.61 Å². The highest BCUT2D eigenvalue weighted by molar-refractivity contribution is 5.97. The SMILES string of the molecule is Cc1c(C(=O)OC(C)(C)C)[nH]c(CCCO)c1C(=O)O. The van der Waals surface area contributed by atoms with Crippen LogP contribution in [-0.4, -0.2) is 39.3 Å². The average Bonchev–Trinajstić information content (AvgIpc) is 2.61. The van der Waals surface area contributed by atoms with Crippen molar-refractivity contribution < 1.29 is 24.5 Å². The van der Waals surface area contributed by atoms with E-state index in [-0.39, 0.29) is 17.9 Å². The number of nitrogens with one attached hydrogen (secondary N) is 1. The van der Waals surface area contributed by atoms with E-state index >= 15 is 0 Å². The quantitative estimate of drug-likeness (QED) is 0.717. The molecule has 3 N–H and O–H groups in total. The standard InChI is InChI=1S/C14H21NO5/c1-8-10(12(17)18)9(6-5-7-16)15-11(8)13(19)20-14(2,3)4/h15-16H,5-7H2,1-4H3,(H,17,18). The first-order valence-electron chi connectivity index (χ1n) is 6.46. The third-order valence-electron chi connectivity index (χ3n) is 2.73. The lowest BCUT2D eigenvalue weighted by Crippen LogP contribution is -2.24. The molecule has 0 unspecified atom stereocenters. The number of aryl methyl sites for hydroxylation is 1. The molecule has 112 valence electrons. The van der Waals surface area contributed by atoms with Gasteiger partial charge in [-0.1, -0.05) is 0 Å². The molecule has 1 aromatic heterocycles. The number of esters is 1. The maximum atomic E-state index is 12.0. The molecule has 0 aliphatic carbocycles. The number of H-pyrrole nitrogens is 1. The molecule has 0 aromatic carbocycles. The van der Waals surface area contributed by atoms with E-state index in [2.05, 4.69) is 4.98 Å². The Kier molecular flexibility index (Phi) is 4.94. The second-order valence-electron chi connectivity index (χ2n) is 5.61. The minimum Gasteiger partial charge on any atom is -0.478 e. The van der Waals surface area contributed by atoms with Crippen LogP contribution in [-0.2, 0) is 11.2 Å². The minimum atomic E-state index is -1.10. The maximum Gasteiger partial charge on any atom is 0.355 e. The van der Waals surface area contributed by atoms with Crippen molar-refractivity contribution in [3.63, 3.8) is 0 Å². The molecule has 0 amide bonds. The molecule has 1 rings (SSSR count). The number of carboxylic acid groups (broad SMARTS) is 1. The second kappa shape index (κ2) is 6.09. The van der Waals surface area contributed by atoms with Crippen LogP contribution >= 0.6 is 0 Å². The van der Waals surface area contributed by atoms with Crippen LogP contribution in [0.2, 0.25) is 0 Å². The first-order valence-corrected chi connectivity index (χ1v) is 6.46. The molecule has 0 aliphatic rings. The summed E-state index contributed by atoms with van der Waals surface area (Å²) in [5.41, 5.74) is 0.387. The summed E-state index contributed by atoms with van der Waals surface area (Å²) in [7, 11) is 0. The molecule has 1 aromatic rings. The van der Waals surface area contributed by atoms with Crippen molar-refractivity contribution >= 4 is 11.9 Å². The zero-order chi connectivity index (χ0) is 15.5. The lowest BCUT2D eigenvalue weighted by molar-refractivity contribution is 0.00626. The van der Waals surface area contributed by atoms with Crippen molar-refractivity contribution in [2.45, 2.75) is 46.1 Å². The van der Waals surface area contributed by atoms with Gasteiger partial charge in [-0.15, -0.1) is 0 Å². The molecule has 6 heteroatoms. The van der Waals surface area contributed by atoms with E-state index in [9.17, 15) is 14.7 Å². The lowest BCUT2D eigenvalue weighted by atomic mass is 10.1. The number of carbonyl (C=O) groups excluding carboxylic acids is 1. The van der Waals surface area contributed by atoms with E-state index in [0.29, 0.717) is 24.1 Å². The number of aliphatic hydroxyl groups excluding tert-OH is 1. The Labute approximate surface area is 117 Å². The number of rotatable bonds is 5. The van der Waals surface area contributed by atoms with Crippen LogP contribution in [0, 0.1) is 6.92 Å². The van der Waals surface area contributed by atoms with Gasteiger partial charge in [0.15, 0.2) is 0 Å². The van der Waals surface area contributed by atoms with E-state index in [1.54, 1.807) is 27.7 Å². The number of aromatic carboxylic acids is 1. The first kappa shape index (κ1) is 16.2. The van der Waals surface area contributed by atoms with Crippen LogP contribution in [0.4, 0.5) is 0 Å². The Balaban J connectivity index is 3.15. The summed E-state index contributed by atoms with van der Waals surface area (Å²) >= 11 is 0. The van der Waals surface area contributed by atoms with Gasteiger partial charge in [0.05, 0.1) is 5.56 Å². The Morgan fingerprint density at radius 1 is 1.30 bits per heavy atom. The molecule has 0 saturated carbocycles. The van der Waals surface area contributed by atoms with Gasteiger partial charge in [0, 0.05) is 12.3 Å². The van der Waals surface area contributed by atoms with E-state index in [0.717, 1.165) is 0 Å². The largest absolute Gasteiger partial charge is 0.478 e. The highest BCUT2D eigenvalue weighted by Crippen LogP contribution is 2.22. The summed E-state index contributed by atoms with van der Waals surface area (Å²) in [5, 5.41) is 18.1. The molecule has 6 nitrogen and oxygen atoms in total. The highest BCUT2D eigenvalue weighted by atomic mass is 16.6. The first-order chi connectivity index (χ1) is 9.17. The molecule has 0 aliphatic heterocycles. The molecule has 0 atom stereocenters. The van der Waals surface area contributed by atoms with E-state index in [4.69, 9.17) is 9.84 Å².